The minimum atomic E-state index is -4.82. The van der Waals surface area contributed by atoms with Gasteiger partial charge in [-0.05, 0) is 79.1 Å². The molecule has 0 bridgehead atoms. The van der Waals surface area contributed by atoms with Crippen molar-refractivity contribution in [3.05, 3.63) is 76.6 Å². The molecule has 2 aliphatic rings. The number of aromatic amines is 1. The fraction of sp³-hybridized carbons (Fsp3) is 0.276. The molecule has 2 aromatic heterocycles. The summed E-state index contributed by atoms with van der Waals surface area (Å²) in [5, 5.41) is 9.83. The molecule has 1 atom stereocenters. The maximum atomic E-state index is 13.6. The van der Waals surface area contributed by atoms with Gasteiger partial charge in [-0.15, -0.1) is 0 Å². The van der Waals surface area contributed by atoms with Gasteiger partial charge >= 0.3 is 12.1 Å². The Balaban J connectivity index is 1.41. The van der Waals surface area contributed by atoms with E-state index < -0.39 is 23.3 Å². The van der Waals surface area contributed by atoms with E-state index in [0.29, 0.717) is 29.1 Å². The van der Waals surface area contributed by atoms with Crippen LogP contribution in [-0.2, 0) is 12.7 Å². The zero-order chi connectivity index (χ0) is 26.9. The van der Waals surface area contributed by atoms with Crippen molar-refractivity contribution in [2.75, 3.05) is 0 Å². The van der Waals surface area contributed by atoms with Crippen LogP contribution in [-0.4, -0.2) is 37.9 Å². The third-order valence-electron chi connectivity index (χ3n) is 7.76. The van der Waals surface area contributed by atoms with E-state index in [1.165, 1.54) is 6.07 Å². The van der Waals surface area contributed by atoms with Gasteiger partial charge in [0.1, 0.15) is 5.65 Å². The number of carbonyl (C=O) groups excluding carboxylic acids is 1. The molecular formula is C29H24F3N3O3. The number of carboxylic acid groups (broad SMARTS) is 1. The summed E-state index contributed by atoms with van der Waals surface area (Å²) >= 11 is 0. The number of fused-ring (bicyclic) bond motifs is 2. The van der Waals surface area contributed by atoms with E-state index in [0.717, 1.165) is 52.8 Å². The van der Waals surface area contributed by atoms with E-state index in [-0.39, 0.29) is 17.5 Å². The molecule has 194 valence electrons. The molecule has 6 rings (SSSR count). The molecular weight excluding hydrogens is 495 g/mol. The Hall–Kier alpha value is -4.14. The van der Waals surface area contributed by atoms with Crippen LogP contribution in [0, 0.1) is 12.8 Å². The second kappa shape index (κ2) is 8.44. The first-order chi connectivity index (χ1) is 18.0. The maximum absolute atomic E-state index is 13.6. The summed E-state index contributed by atoms with van der Waals surface area (Å²) in [6, 6.07) is 9.21. The minimum Gasteiger partial charge on any atom is -0.478 e. The molecule has 4 aromatic rings. The molecule has 6 nitrogen and oxygen atoms in total. The summed E-state index contributed by atoms with van der Waals surface area (Å²) in [7, 11) is 0. The van der Waals surface area contributed by atoms with Crippen molar-refractivity contribution >= 4 is 22.9 Å². The quantitative estimate of drug-likeness (QED) is 0.308. The van der Waals surface area contributed by atoms with Gasteiger partial charge in [0.2, 0.25) is 0 Å². The lowest BCUT2D eigenvalue weighted by Crippen LogP contribution is -2.34. The van der Waals surface area contributed by atoms with Gasteiger partial charge in [-0.1, -0.05) is 12.1 Å². The van der Waals surface area contributed by atoms with Crippen molar-refractivity contribution < 1.29 is 27.9 Å². The van der Waals surface area contributed by atoms with Gasteiger partial charge in [-0.25, -0.2) is 9.78 Å². The second-order valence-electron chi connectivity index (χ2n) is 10.2. The molecule has 3 heterocycles. The van der Waals surface area contributed by atoms with Crippen LogP contribution in [0.3, 0.4) is 0 Å². The maximum Gasteiger partial charge on any atom is 0.417 e. The molecule has 9 heteroatoms. The highest BCUT2D eigenvalue weighted by Crippen LogP contribution is 2.41. The van der Waals surface area contributed by atoms with Crippen LogP contribution >= 0.6 is 0 Å². The number of rotatable bonds is 5. The van der Waals surface area contributed by atoms with Gasteiger partial charge in [-0.3, -0.25) is 4.79 Å². The Bertz CT molecular complexity index is 1640. The highest BCUT2D eigenvalue weighted by molar-refractivity contribution is 6.01. The Morgan fingerprint density at radius 2 is 1.89 bits per heavy atom. The molecule has 1 amide bonds. The Labute approximate surface area is 216 Å². The van der Waals surface area contributed by atoms with Crippen molar-refractivity contribution in [2.45, 2.75) is 45.5 Å². The fourth-order valence-electron chi connectivity index (χ4n) is 5.55. The number of aryl methyl sites for hydroxylation is 1. The number of benzene rings is 2. The van der Waals surface area contributed by atoms with Crippen LogP contribution in [0.4, 0.5) is 13.2 Å². The molecule has 0 radical (unpaired) electrons. The Kier molecular flexibility index (Phi) is 5.38. The van der Waals surface area contributed by atoms with Gasteiger partial charge in [0.05, 0.1) is 11.1 Å². The number of nitrogens with one attached hydrogen (secondary N) is 1. The molecule has 1 saturated carbocycles. The number of hydrogen-bond acceptors (Lipinski definition) is 3. The lowest BCUT2D eigenvalue weighted by atomic mass is 9.95. The van der Waals surface area contributed by atoms with E-state index >= 15 is 0 Å². The van der Waals surface area contributed by atoms with Gasteiger partial charge in [0, 0.05) is 47.1 Å². The number of amides is 1. The summed E-state index contributed by atoms with van der Waals surface area (Å²) in [4.78, 5) is 33.9. The zero-order valence-electron chi connectivity index (χ0n) is 20.7. The summed E-state index contributed by atoms with van der Waals surface area (Å²) in [5.41, 5.74) is 3.43. The number of H-pyrrole nitrogens is 1. The van der Waals surface area contributed by atoms with Crippen molar-refractivity contribution in [3.63, 3.8) is 0 Å². The Morgan fingerprint density at radius 1 is 1.13 bits per heavy atom. The molecule has 2 N–H and O–H groups in total. The van der Waals surface area contributed by atoms with E-state index in [1.54, 1.807) is 12.4 Å². The van der Waals surface area contributed by atoms with Crippen LogP contribution in [0.5, 0.6) is 0 Å². The van der Waals surface area contributed by atoms with Gasteiger partial charge in [-0.2, -0.15) is 13.2 Å². The number of halogens is 3. The lowest BCUT2D eigenvalue weighted by Gasteiger charge is -2.24. The first kappa shape index (κ1) is 24.2. The number of pyridine rings is 1. The first-order valence-electron chi connectivity index (χ1n) is 12.4. The number of aromatic carboxylic acids is 1. The standard InChI is InChI=1S/C29H24F3N3O3/c1-14-7-18(8-20-13-35(27(36)25(14)20)15(2)16-3-4-16)19-9-22-23(12-34-26(22)33-11-19)17-5-6-21(28(37)38)24(10-17)29(30,31)32/h5-12,15-16H,3-4,13H2,1-2H3,(H,33,34)(H,37,38)/t15-/m0/s1. The van der Waals surface area contributed by atoms with Gasteiger partial charge in [0.15, 0.2) is 0 Å². The normalized spacial score (nSPS) is 16.2. The molecule has 38 heavy (non-hydrogen) atoms. The van der Waals surface area contributed by atoms with Crippen molar-refractivity contribution in [2.24, 2.45) is 5.92 Å². The zero-order valence-corrected chi connectivity index (χ0v) is 20.7. The van der Waals surface area contributed by atoms with E-state index in [1.807, 2.05) is 30.0 Å². The molecule has 1 aliphatic heterocycles. The molecule has 0 spiro atoms. The molecule has 2 aromatic carbocycles. The Morgan fingerprint density at radius 3 is 2.58 bits per heavy atom. The van der Waals surface area contributed by atoms with E-state index in [9.17, 15) is 27.9 Å². The third kappa shape index (κ3) is 3.93. The highest BCUT2D eigenvalue weighted by Gasteiger charge is 2.39. The molecule has 0 unspecified atom stereocenters. The van der Waals surface area contributed by atoms with Crippen molar-refractivity contribution in [1.82, 2.24) is 14.9 Å². The first-order valence-corrected chi connectivity index (χ1v) is 12.4. The average Bonchev–Trinajstić information content (AvgIpc) is 3.55. The number of alkyl halides is 3. The highest BCUT2D eigenvalue weighted by atomic mass is 19.4. The van der Waals surface area contributed by atoms with E-state index in [2.05, 4.69) is 16.9 Å². The van der Waals surface area contributed by atoms with Crippen LogP contribution < -0.4 is 0 Å². The number of aromatic nitrogens is 2. The summed E-state index contributed by atoms with van der Waals surface area (Å²) in [6.45, 7) is 4.58. The van der Waals surface area contributed by atoms with Crippen LogP contribution in [0.15, 0.2) is 48.8 Å². The SMILES string of the molecule is Cc1cc(-c2cnc3[nH]cc(-c4ccc(C(=O)O)c(C(F)(F)F)c4)c3c2)cc2c1C(=O)N([C@@H](C)C1CC1)C2. The lowest BCUT2D eigenvalue weighted by molar-refractivity contribution is -0.138. The van der Waals surface area contributed by atoms with Crippen LogP contribution in [0.25, 0.3) is 33.3 Å². The average molecular weight is 520 g/mol. The number of carboxylic acids is 1. The largest absolute Gasteiger partial charge is 0.478 e. The monoisotopic (exact) mass is 519 g/mol. The smallest absolute Gasteiger partial charge is 0.417 e. The molecule has 1 aliphatic carbocycles. The predicted octanol–water partition coefficient (Wildman–Crippen LogP) is 6.68. The third-order valence-corrected chi connectivity index (χ3v) is 7.76. The van der Waals surface area contributed by atoms with Gasteiger partial charge in [0.25, 0.3) is 5.91 Å². The van der Waals surface area contributed by atoms with E-state index in [4.69, 9.17) is 0 Å². The van der Waals surface area contributed by atoms with Crippen LogP contribution in [0.2, 0.25) is 0 Å². The summed E-state index contributed by atoms with van der Waals surface area (Å²) in [6.07, 6.45) is 0.754. The topological polar surface area (TPSA) is 86.3 Å². The van der Waals surface area contributed by atoms with Gasteiger partial charge < -0.3 is 15.0 Å². The molecule has 1 fully saturated rings. The molecule has 0 saturated heterocycles. The summed E-state index contributed by atoms with van der Waals surface area (Å²) < 4.78 is 40.9. The van der Waals surface area contributed by atoms with Crippen molar-refractivity contribution in [1.29, 1.82) is 0 Å². The summed E-state index contributed by atoms with van der Waals surface area (Å²) in [5.74, 6) is -1.01. The number of carbonyl (C=O) groups is 2. The number of nitrogens with zero attached hydrogens (tertiary/aromatic N) is 2. The predicted molar refractivity (Wildman–Crippen MR) is 136 cm³/mol. The minimum absolute atomic E-state index is 0.0650. The van der Waals surface area contributed by atoms with Crippen LogP contribution in [0.1, 0.15) is 57.2 Å². The fourth-order valence-corrected chi connectivity index (χ4v) is 5.55. The number of hydrogen-bond donors (Lipinski definition) is 2. The second-order valence-corrected chi connectivity index (χ2v) is 10.2. The van der Waals surface area contributed by atoms with Crippen molar-refractivity contribution in [3.8, 4) is 22.3 Å².